The average Bonchev–Trinajstić information content (AvgIpc) is 2.50. The molecule has 0 spiro atoms. The predicted octanol–water partition coefficient (Wildman–Crippen LogP) is 0.948. The molecule has 1 aromatic rings. The van der Waals surface area contributed by atoms with Crippen molar-refractivity contribution in [1.29, 1.82) is 0 Å². The van der Waals surface area contributed by atoms with Gasteiger partial charge in [-0.25, -0.2) is 13.1 Å². The normalized spacial score (nSPS) is 13.9. The molecule has 1 aromatic carbocycles. The summed E-state index contributed by atoms with van der Waals surface area (Å²) in [7, 11) is -1.83. The van der Waals surface area contributed by atoms with E-state index in [0.717, 1.165) is 24.2 Å². The molecule has 126 valence electrons. The van der Waals surface area contributed by atoms with Crippen LogP contribution < -0.4 is 14.8 Å². The van der Waals surface area contributed by atoms with Crippen molar-refractivity contribution in [3.63, 3.8) is 0 Å². The highest BCUT2D eigenvalue weighted by Gasteiger charge is 2.17. The van der Waals surface area contributed by atoms with Crippen LogP contribution in [0, 0.1) is 0 Å². The minimum Gasteiger partial charge on any atom is -0.493 e. The van der Waals surface area contributed by atoms with Gasteiger partial charge in [0.2, 0.25) is 10.0 Å². The summed E-state index contributed by atoms with van der Waals surface area (Å²) in [5, 5.41) is 3.09. The molecule has 0 fully saturated rings. The fraction of sp³-hybridized carbons (Fsp3) is 0.571. The van der Waals surface area contributed by atoms with Gasteiger partial charge in [-0.3, -0.25) is 0 Å². The molecule has 1 aliphatic rings. The molecule has 0 saturated heterocycles. The second-order valence-electron chi connectivity index (χ2n) is 4.86. The molecular weight excluding hydrogens is 328 g/mol. The number of ether oxygens (including phenoxy) is 2. The third-order valence-corrected chi connectivity index (χ3v) is 4.73. The van der Waals surface area contributed by atoms with Gasteiger partial charge in [0.25, 0.3) is 0 Å². The summed E-state index contributed by atoms with van der Waals surface area (Å²) in [6.07, 6.45) is 1.78. The van der Waals surface area contributed by atoms with Crippen molar-refractivity contribution < 1.29 is 17.9 Å². The lowest BCUT2D eigenvalue weighted by atomic mass is 10.1. The Kier molecular flexibility index (Phi) is 8.13. The first-order chi connectivity index (χ1) is 10.1. The van der Waals surface area contributed by atoms with E-state index in [1.807, 2.05) is 0 Å². The molecule has 22 heavy (non-hydrogen) atoms. The maximum Gasteiger partial charge on any atom is 0.240 e. The molecule has 0 atom stereocenters. The SMILES string of the molecule is COCCNCCNS(=O)(=O)c1ccc2c(c1)CCCO2.Cl. The molecule has 0 bridgehead atoms. The van der Waals surface area contributed by atoms with Gasteiger partial charge in [0, 0.05) is 26.7 Å². The lowest BCUT2D eigenvalue weighted by Gasteiger charge is -2.18. The average molecular weight is 351 g/mol. The van der Waals surface area contributed by atoms with Gasteiger partial charge in [0.05, 0.1) is 18.1 Å². The van der Waals surface area contributed by atoms with Gasteiger partial charge >= 0.3 is 0 Å². The Labute approximate surface area is 138 Å². The van der Waals surface area contributed by atoms with E-state index in [0.29, 0.717) is 37.7 Å². The van der Waals surface area contributed by atoms with Crippen molar-refractivity contribution >= 4 is 22.4 Å². The first kappa shape index (κ1) is 19.2. The second kappa shape index (κ2) is 9.32. The van der Waals surface area contributed by atoms with Crippen LogP contribution in [0.2, 0.25) is 0 Å². The van der Waals surface area contributed by atoms with Crippen LogP contribution in [0.1, 0.15) is 12.0 Å². The van der Waals surface area contributed by atoms with Crippen molar-refractivity contribution in [2.45, 2.75) is 17.7 Å². The maximum absolute atomic E-state index is 12.2. The Morgan fingerprint density at radius 1 is 1.27 bits per heavy atom. The van der Waals surface area contributed by atoms with E-state index >= 15 is 0 Å². The molecule has 0 aromatic heterocycles. The summed E-state index contributed by atoms with van der Waals surface area (Å²) in [5.74, 6) is 0.793. The van der Waals surface area contributed by atoms with Crippen LogP contribution in [0.3, 0.4) is 0 Å². The van der Waals surface area contributed by atoms with Crippen LogP contribution in [0.5, 0.6) is 5.75 Å². The number of sulfonamides is 1. The van der Waals surface area contributed by atoms with E-state index < -0.39 is 10.0 Å². The van der Waals surface area contributed by atoms with Crippen LogP contribution in [0.15, 0.2) is 23.1 Å². The zero-order valence-corrected chi connectivity index (χ0v) is 14.3. The minimum atomic E-state index is -3.46. The zero-order chi connectivity index (χ0) is 15.1. The smallest absolute Gasteiger partial charge is 0.240 e. The van der Waals surface area contributed by atoms with E-state index in [2.05, 4.69) is 10.0 Å². The number of fused-ring (bicyclic) bond motifs is 1. The minimum absolute atomic E-state index is 0. The lowest BCUT2D eigenvalue weighted by molar-refractivity contribution is 0.199. The molecule has 0 unspecified atom stereocenters. The highest BCUT2D eigenvalue weighted by Crippen LogP contribution is 2.27. The number of hydrogen-bond donors (Lipinski definition) is 2. The van der Waals surface area contributed by atoms with E-state index in [-0.39, 0.29) is 12.4 Å². The summed E-state index contributed by atoms with van der Waals surface area (Å²) in [6, 6.07) is 5.03. The van der Waals surface area contributed by atoms with Gasteiger partial charge in [-0.1, -0.05) is 0 Å². The van der Waals surface area contributed by atoms with Gasteiger partial charge in [-0.15, -0.1) is 12.4 Å². The van der Waals surface area contributed by atoms with Crippen molar-refractivity contribution in [3.8, 4) is 5.75 Å². The van der Waals surface area contributed by atoms with Crippen LogP contribution in [-0.2, 0) is 21.2 Å². The van der Waals surface area contributed by atoms with Crippen LogP contribution in [-0.4, -0.2) is 48.4 Å². The Morgan fingerprint density at radius 2 is 2.09 bits per heavy atom. The number of benzene rings is 1. The predicted molar refractivity (Wildman–Crippen MR) is 87.4 cm³/mol. The summed E-state index contributed by atoms with van der Waals surface area (Å²) in [5.41, 5.74) is 0.961. The molecule has 1 aliphatic heterocycles. The summed E-state index contributed by atoms with van der Waals surface area (Å²) >= 11 is 0. The molecule has 8 heteroatoms. The molecule has 0 amide bonds. The molecule has 2 rings (SSSR count). The Bertz CT molecular complexity index is 566. The van der Waals surface area contributed by atoms with E-state index in [4.69, 9.17) is 9.47 Å². The topological polar surface area (TPSA) is 76.7 Å². The van der Waals surface area contributed by atoms with E-state index in [1.54, 1.807) is 25.3 Å². The van der Waals surface area contributed by atoms with Crippen molar-refractivity contribution in [3.05, 3.63) is 23.8 Å². The maximum atomic E-state index is 12.2. The zero-order valence-electron chi connectivity index (χ0n) is 12.6. The van der Waals surface area contributed by atoms with Gasteiger partial charge in [-0.05, 0) is 36.6 Å². The standard InChI is InChI=1S/C14H22N2O4S.ClH/c1-19-10-8-15-6-7-16-21(17,18)13-4-5-14-12(11-13)3-2-9-20-14;/h4-5,11,15-16H,2-3,6-10H2,1H3;1H. The highest BCUT2D eigenvalue weighted by atomic mass is 35.5. The molecular formula is C14H23ClN2O4S. The number of hydrogen-bond acceptors (Lipinski definition) is 5. The van der Waals surface area contributed by atoms with Gasteiger partial charge in [0.15, 0.2) is 0 Å². The Hall–Kier alpha value is -0.860. The number of halogens is 1. The van der Waals surface area contributed by atoms with E-state index in [9.17, 15) is 8.42 Å². The third kappa shape index (κ3) is 5.40. The van der Waals surface area contributed by atoms with E-state index in [1.165, 1.54) is 0 Å². The molecule has 2 N–H and O–H groups in total. The van der Waals surface area contributed by atoms with Crippen molar-refractivity contribution in [2.75, 3.05) is 40.0 Å². The fourth-order valence-electron chi connectivity index (χ4n) is 2.16. The molecule has 0 saturated carbocycles. The largest absolute Gasteiger partial charge is 0.493 e. The molecule has 0 radical (unpaired) electrons. The highest BCUT2D eigenvalue weighted by molar-refractivity contribution is 7.89. The second-order valence-corrected chi connectivity index (χ2v) is 6.63. The summed E-state index contributed by atoms with van der Waals surface area (Å²) < 4.78 is 37.4. The lowest BCUT2D eigenvalue weighted by Crippen LogP contribution is -2.33. The quantitative estimate of drug-likeness (QED) is 0.683. The monoisotopic (exact) mass is 350 g/mol. The number of aryl methyl sites for hydroxylation is 1. The first-order valence-corrected chi connectivity index (χ1v) is 8.57. The van der Waals surface area contributed by atoms with Crippen molar-refractivity contribution in [1.82, 2.24) is 10.0 Å². The molecule has 0 aliphatic carbocycles. The molecule has 6 nitrogen and oxygen atoms in total. The third-order valence-electron chi connectivity index (χ3n) is 3.27. The number of nitrogens with one attached hydrogen (secondary N) is 2. The Balaban J connectivity index is 0.00000242. The summed E-state index contributed by atoms with van der Waals surface area (Å²) in [6.45, 7) is 2.92. The van der Waals surface area contributed by atoms with Crippen LogP contribution in [0.4, 0.5) is 0 Å². The van der Waals surface area contributed by atoms with Gasteiger partial charge in [0.1, 0.15) is 5.75 Å². The number of rotatable bonds is 8. The van der Waals surface area contributed by atoms with Crippen molar-refractivity contribution in [2.24, 2.45) is 0 Å². The van der Waals surface area contributed by atoms with Gasteiger partial charge < -0.3 is 14.8 Å². The first-order valence-electron chi connectivity index (χ1n) is 7.08. The van der Waals surface area contributed by atoms with Crippen LogP contribution in [0.25, 0.3) is 0 Å². The Morgan fingerprint density at radius 3 is 2.86 bits per heavy atom. The molecule has 1 heterocycles. The number of methoxy groups -OCH3 is 1. The fourth-order valence-corrected chi connectivity index (χ4v) is 3.24. The van der Waals surface area contributed by atoms with Gasteiger partial charge in [-0.2, -0.15) is 0 Å². The summed E-state index contributed by atoms with van der Waals surface area (Å²) in [4.78, 5) is 0.295. The van der Waals surface area contributed by atoms with Crippen LogP contribution >= 0.6 is 12.4 Å².